The topological polar surface area (TPSA) is 71.0 Å². The smallest absolute Gasteiger partial charge is 0.346 e. The molecule has 1 aromatic rings. The van der Waals surface area contributed by atoms with Gasteiger partial charge in [-0.1, -0.05) is 30.7 Å². The van der Waals surface area contributed by atoms with E-state index in [1.165, 1.54) is 5.57 Å². The number of hydrogen-bond acceptors (Lipinski definition) is 4. The van der Waals surface area contributed by atoms with E-state index >= 15 is 0 Å². The van der Waals surface area contributed by atoms with Crippen molar-refractivity contribution in [1.82, 2.24) is 10.3 Å². The van der Waals surface area contributed by atoms with Gasteiger partial charge in [0.15, 0.2) is 0 Å². The lowest BCUT2D eigenvalue weighted by Gasteiger charge is -2.21. The lowest BCUT2D eigenvalue weighted by molar-refractivity contribution is -0.131. The number of nitrogens with one attached hydrogen (secondary N) is 1. The Labute approximate surface area is 161 Å². The number of hydrazone groups is 1. The first-order valence-electron chi connectivity index (χ1n) is 9.25. The first kappa shape index (κ1) is 20.7. The highest BCUT2D eigenvalue weighted by Gasteiger charge is 2.49. The molecule has 0 spiro atoms. The second-order valence-electron chi connectivity index (χ2n) is 7.40. The third-order valence-electron chi connectivity index (χ3n) is 4.75. The fraction of sp³-hybridized carbons (Fsp3) is 0.476. The van der Waals surface area contributed by atoms with Crippen LogP contribution in [0.5, 0.6) is 5.75 Å². The molecule has 2 rings (SSSR count). The van der Waals surface area contributed by atoms with Crippen molar-refractivity contribution in [3.8, 4) is 5.75 Å². The first-order chi connectivity index (χ1) is 12.8. The second kappa shape index (κ2) is 8.84. The Bertz CT molecular complexity index is 736. The Balaban J connectivity index is 2.01. The molecule has 1 aliphatic heterocycles. The molecule has 2 atom stereocenters. The number of benzene rings is 1. The van der Waals surface area contributed by atoms with Crippen LogP contribution >= 0.6 is 0 Å². The van der Waals surface area contributed by atoms with Gasteiger partial charge in [0.2, 0.25) is 0 Å². The molecule has 0 bridgehead atoms. The van der Waals surface area contributed by atoms with Crippen LogP contribution < -0.4 is 10.1 Å². The van der Waals surface area contributed by atoms with E-state index in [2.05, 4.69) is 37.3 Å². The van der Waals surface area contributed by atoms with Crippen LogP contribution in [0.15, 0.2) is 41.0 Å². The summed E-state index contributed by atoms with van der Waals surface area (Å²) in [5, 5.41) is 7.80. The van der Waals surface area contributed by atoms with E-state index < -0.39 is 11.6 Å². The standard InChI is InChI=1S/C21H29N3O3/c1-15(2)7-6-8-16(3)13-14-22-24-19(25)21(4,23-20(24)26)17-9-11-18(27-5)12-10-17/h7,9-12,14,16H,6,8,13H2,1-5H3,(H,23,26)/b22-14-/t16-,21-/m0/s1. The van der Waals surface area contributed by atoms with Crippen LogP contribution in [0.3, 0.4) is 0 Å². The van der Waals surface area contributed by atoms with E-state index in [0.29, 0.717) is 23.7 Å². The van der Waals surface area contributed by atoms with Crippen LogP contribution in [0.1, 0.15) is 52.5 Å². The van der Waals surface area contributed by atoms with Crippen molar-refractivity contribution in [1.29, 1.82) is 0 Å². The van der Waals surface area contributed by atoms with Gasteiger partial charge < -0.3 is 10.1 Å². The summed E-state index contributed by atoms with van der Waals surface area (Å²) in [5.41, 5.74) is 0.873. The van der Waals surface area contributed by atoms with Crippen molar-refractivity contribution in [2.75, 3.05) is 7.11 Å². The zero-order chi connectivity index (χ0) is 20.0. The van der Waals surface area contributed by atoms with Gasteiger partial charge in [0.05, 0.1) is 7.11 Å². The highest BCUT2D eigenvalue weighted by atomic mass is 16.5. The zero-order valence-corrected chi connectivity index (χ0v) is 16.8. The molecule has 1 N–H and O–H groups in total. The van der Waals surface area contributed by atoms with E-state index in [-0.39, 0.29) is 5.91 Å². The number of hydrogen-bond donors (Lipinski definition) is 1. The molecular formula is C21H29N3O3. The molecule has 6 nitrogen and oxygen atoms in total. The van der Waals surface area contributed by atoms with Crippen molar-refractivity contribution in [2.24, 2.45) is 11.0 Å². The van der Waals surface area contributed by atoms with Crippen molar-refractivity contribution in [3.05, 3.63) is 41.5 Å². The fourth-order valence-corrected chi connectivity index (χ4v) is 2.93. The molecular weight excluding hydrogens is 342 g/mol. The number of imide groups is 1. The van der Waals surface area contributed by atoms with Crippen molar-refractivity contribution in [3.63, 3.8) is 0 Å². The van der Waals surface area contributed by atoms with E-state index in [0.717, 1.165) is 17.9 Å². The quantitative estimate of drug-likeness (QED) is 0.422. The van der Waals surface area contributed by atoms with Gasteiger partial charge in [-0.15, -0.1) is 5.01 Å². The van der Waals surface area contributed by atoms with Gasteiger partial charge in [0.1, 0.15) is 11.3 Å². The maximum atomic E-state index is 12.8. The summed E-state index contributed by atoms with van der Waals surface area (Å²) in [7, 11) is 1.58. The van der Waals surface area contributed by atoms with Gasteiger partial charge in [-0.3, -0.25) is 4.79 Å². The molecule has 0 unspecified atom stereocenters. The summed E-state index contributed by atoms with van der Waals surface area (Å²) in [6, 6.07) is 6.57. The third kappa shape index (κ3) is 4.96. The Hall–Kier alpha value is -2.63. The molecule has 1 aliphatic rings. The number of carbonyl (C=O) groups is 2. The molecule has 1 heterocycles. The summed E-state index contributed by atoms with van der Waals surface area (Å²) in [6.45, 7) is 8.00. The number of carbonyl (C=O) groups excluding carboxylic acids is 2. The number of amides is 3. The van der Waals surface area contributed by atoms with E-state index in [1.54, 1.807) is 44.5 Å². The highest BCUT2D eigenvalue weighted by Crippen LogP contribution is 2.30. The summed E-state index contributed by atoms with van der Waals surface area (Å²) >= 11 is 0. The molecule has 1 saturated heterocycles. The largest absolute Gasteiger partial charge is 0.497 e. The van der Waals surface area contributed by atoms with Crippen LogP contribution in [-0.2, 0) is 10.3 Å². The monoisotopic (exact) mass is 371 g/mol. The number of allylic oxidation sites excluding steroid dienone is 2. The minimum Gasteiger partial charge on any atom is -0.497 e. The SMILES string of the molecule is COc1ccc([C@]2(C)NC(=O)N(/N=C\C[C@@H](C)CCC=C(C)C)C2=O)cc1. The lowest BCUT2D eigenvalue weighted by Crippen LogP contribution is -2.40. The lowest BCUT2D eigenvalue weighted by atomic mass is 9.92. The molecule has 0 aliphatic carbocycles. The molecule has 27 heavy (non-hydrogen) atoms. The average Bonchev–Trinajstić information content (AvgIpc) is 2.85. The molecule has 0 aromatic heterocycles. The maximum absolute atomic E-state index is 12.8. The molecule has 1 aromatic carbocycles. The summed E-state index contributed by atoms with van der Waals surface area (Å²) in [4.78, 5) is 25.1. The van der Waals surface area contributed by atoms with Gasteiger partial charge in [-0.25, -0.2) is 4.79 Å². The van der Waals surface area contributed by atoms with Gasteiger partial charge >= 0.3 is 6.03 Å². The van der Waals surface area contributed by atoms with Gasteiger partial charge in [-0.05, 0) is 63.6 Å². The van der Waals surface area contributed by atoms with Crippen LogP contribution in [-0.4, -0.2) is 30.3 Å². The van der Waals surface area contributed by atoms with E-state index in [4.69, 9.17) is 4.74 Å². The molecule has 3 amide bonds. The number of nitrogens with zero attached hydrogens (tertiary/aromatic N) is 2. The summed E-state index contributed by atoms with van der Waals surface area (Å²) in [6.07, 6.45) is 6.65. The van der Waals surface area contributed by atoms with Gasteiger partial charge in [0, 0.05) is 6.21 Å². The normalized spacial score (nSPS) is 20.7. The fourth-order valence-electron chi connectivity index (χ4n) is 2.93. The van der Waals surface area contributed by atoms with Gasteiger partial charge in [-0.2, -0.15) is 5.10 Å². The van der Waals surface area contributed by atoms with Crippen molar-refractivity contribution < 1.29 is 14.3 Å². The van der Waals surface area contributed by atoms with Crippen molar-refractivity contribution in [2.45, 2.75) is 52.5 Å². The average molecular weight is 371 g/mol. The third-order valence-corrected chi connectivity index (χ3v) is 4.75. The highest BCUT2D eigenvalue weighted by molar-refractivity contribution is 6.07. The molecule has 0 saturated carbocycles. The van der Waals surface area contributed by atoms with Gasteiger partial charge in [0.25, 0.3) is 5.91 Å². The number of rotatable bonds is 8. The molecule has 0 radical (unpaired) electrons. The zero-order valence-electron chi connectivity index (χ0n) is 16.8. The molecule has 6 heteroatoms. The number of methoxy groups -OCH3 is 1. The molecule has 1 fully saturated rings. The molecule has 146 valence electrons. The van der Waals surface area contributed by atoms with Crippen LogP contribution in [0.2, 0.25) is 0 Å². The summed E-state index contributed by atoms with van der Waals surface area (Å²) < 4.78 is 5.14. The number of urea groups is 1. The van der Waals surface area contributed by atoms with Crippen molar-refractivity contribution >= 4 is 18.2 Å². The van der Waals surface area contributed by atoms with Crippen LogP contribution in [0, 0.1) is 5.92 Å². The first-order valence-corrected chi connectivity index (χ1v) is 9.25. The van der Waals surface area contributed by atoms with Crippen LogP contribution in [0.25, 0.3) is 0 Å². The Morgan fingerprint density at radius 3 is 2.56 bits per heavy atom. The minimum absolute atomic E-state index is 0.383. The predicted molar refractivity (Wildman–Crippen MR) is 107 cm³/mol. The van der Waals surface area contributed by atoms with E-state index in [9.17, 15) is 9.59 Å². The summed E-state index contributed by atoms with van der Waals surface area (Å²) in [5.74, 6) is 0.736. The number of ether oxygens (including phenoxy) is 1. The Morgan fingerprint density at radius 1 is 1.30 bits per heavy atom. The Kier molecular flexibility index (Phi) is 6.77. The Morgan fingerprint density at radius 2 is 1.96 bits per heavy atom. The second-order valence-corrected chi connectivity index (χ2v) is 7.40. The van der Waals surface area contributed by atoms with Crippen LogP contribution in [0.4, 0.5) is 4.79 Å². The minimum atomic E-state index is -1.13. The predicted octanol–water partition coefficient (Wildman–Crippen LogP) is 4.22. The maximum Gasteiger partial charge on any atom is 0.346 e. The van der Waals surface area contributed by atoms with E-state index in [1.807, 2.05) is 0 Å².